The summed E-state index contributed by atoms with van der Waals surface area (Å²) in [6, 6.07) is 28.5. The van der Waals surface area contributed by atoms with Crippen LogP contribution in [0.1, 0.15) is 146 Å². The lowest BCUT2D eigenvalue weighted by atomic mass is 10.0. The van der Waals surface area contributed by atoms with E-state index in [1.165, 1.54) is 0 Å². The summed E-state index contributed by atoms with van der Waals surface area (Å²) in [6.07, 6.45) is 5.04. The van der Waals surface area contributed by atoms with Crippen LogP contribution in [0.25, 0.3) is 21.5 Å². The molecule has 4 aromatic rings. The average molecular weight is 939 g/mol. The van der Waals surface area contributed by atoms with Crippen LogP contribution in [0.5, 0.6) is 0 Å². The summed E-state index contributed by atoms with van der Waals surface area (Å²) in [7, 11) is 0. The Labute approximate surface area is 407 Å². The molecule has 4 amide bonds. The van der Waals surface area contributed by atoms with E-state index in [0.717, 1.165) is 71.2 Å². The third-order valence-electron chi connectivity index (χ3n) is 10.9. The summed E-state index contributed by atoms with van der Waals surface area (Å²) < 4.78 is 23.3. The van der Waals surface area contributed by atoms with Crippen LogP contribution in [0.4, 0.5) is 19.2 Å². The highest BCUT2D eigenvalue weighted by Crippen LogP contribution is 2.24. The van der Waals surface area contributed by atoms with Crippen molar-refractivity contribution in [3.8, 4) is 0 Å². The standard InChI is InChI=1S/C56H82N4O8/c1-53(2,3)65-49(61)57(37-25-39-59(51(63)67-55(7,8)9)41-45-31-23-29-43-27-17-19-33-47(43)45)35-21-15-13-14-16-22-36-58(50(62)66-54(4,5)6)38-26-40-60(52(64)68-56(10,11)12)42-46-32-24-30-44-28-18-20-34-48(44)46/h17-20,23-24,27-34H,13-16,21-22,25-26,35-42H2,1-12H3. The number of benzene rings is 4. The van der Waals surface area contributed by atoms with Crippen LogP contribution in [0, 0.1) is 0 Å². The number of hydrogen-bond acceptors (Lipinski definition) is 8. The number of ether oxygens (including phenoxy) is 4. The molecule has 0 saturated heterocycles. The molecule has 0 atom stereocenters. The summed E-state index contributed by atoms with van der Waals surface area (Å²) in [6.45, 7) is 25.9. The summed E-state index contributed by atoms with van der Waals surface area (Å²) in [5, 5.41) is 4.40. The molecular formula is C56H82N4O8. The van der Waals surface area contributed by atoms with E-state index in [2.05, 4.69) is 36.4 Å². The van der Waals surface area contributed by atoms with Crippen molar-refractivity contribution in [3.63, 3.8) is 0 Å². The van der Waals surface area contributed by atoms with Crippen molar-refractivity contribution in [2.24, 2.45) is 0 Å². The largest absolute Gasteiger partial charge is 0.444 e. The Bertz CT molecular complexity index is 2060. The average Bonchev–Trinajstić information content (AvgIpc) is 3.22. The fraction of sp³-hybridized carbons (Fsp3) is 0.571. The Morgan fingerprint density at radius 2 is 0.603 bits per heavy atom. The molecule has 0 heterocycles. The molecule has 374 valence electrons. The summed E-state index contributed by atoms with van der Waals surface area (Å²) in [5.41, 5.74) is -0.527. The molecule has 0 aliphatic carbocycles. The van der Waals surface area contributed by atoms with Crippen LogP contribution >= 0.6 is 0 Å². The van der Waals surface area contributed by atoms with Gasteiger partial charge in [0.15, 0.2) is 0 Å². The molecule has 0 unspecified atom stereocenters. The van der Waals surface area contributed by atoms with Crippen LogP contribution in [0.15, 0.2) is 84.9 Å². The van der Waals surface area contributed by atoms with Gasteiger partial charge >= 0.3 is 24.4 Å². The predicted octanol–water partition coefficient (Wildman–Crippen LogP) is 13.8. The molecule has 0 spiro atoms. The second-order valence-electron chi connectivity index (χ2n) is 21.8. The number of fused-ring (bicyclic) bond motifs is 2. The molecule has 0 bridgehead atoms. The molecule has 4 aromatic carbocycles. The lowest BCUT2D eigenvalue weighted by molar-refractivity contribution is 0.0172. The summed E-state index contributed by atoms with van der Waals surface area (Å²) >= 11 is 0. The zero-order chi connectivity index (χ0) is 50.1. The highest BCUT2D eigenvalue weighted by Gasteiger charge is 2.27. The van der Waals surface area contributed by atoms with Crippen LogP contribution in [-0.2, 0) is 32.0 Å². The third-order valence-corrected chi connectivity index (χ3v) is 10.9. The van der Waals surface area contributed by atoms with E-state index >= 15 is 0 Å². The smallest absolute Gasteiger partial charge is 0.410 e. The van der Waals surface area contributed by atoms with E-state index in [9.17, 15) is 19.2 Å². The number of unbranched alkanes of at least 4 members (excludes halogenated alkanes) is 5. The predicted molar refractivity (Wildman–Crippen MR) is 274 cm³/mol. The minimum Gasteiger partial charge on any atom is -0.444 e. The molecule has 0 fully saturated rings. The van der Waals surface area contributed by atoms with Crippen molar-refractivity contribution in [1.82, 2.24) is 19.6 Å². The fourth-order valence-electron chi connectivity index (χ4n) is 7.85. The third kappa shape index (κ3) is 20.0. The van der Waals surface area contributed by atoms with Gasteiger partial charge in [-0.1, -0.05) is 111 Å². The lowest BCUT2D eigenvalue weighted by Gasteiger charge is -2.30. The lowest BCUT2D eigenvalue weighted by Crippen LogP contribution is -2.41. The Kier molecular flexibility index (Phi) is 20.4. The van der Waals surface area contributed by atoms with Crippen molar-refractivity contribution >= 4 is 45.9 Å². The normalized spacial score (nSPS) is 12.1. The van der Waals surface area contributed by atoms with E-state index in [1.807, 2.05) is 132 Å². The number of carbonyl (C=O) groups is 4. The molecule has 68 heavy (non-hydrogen) atoms. The van der Waals surface area contributed by atoms with Gasteiger partial charge in [-0.15, -0.1) is 0 Å². The molecule has 0 saturated carbocycles. The van der Waals surface area contributed by atoms with Gasteiger partial charge in [-0.2, -0.15) is 0 Å². The number of rotatable bonds is 21. The second kappa shape index (κ2) is 25.2. The van der Waals surface area contributed by atoms with Gasteiger partial charge in [0.05, 0.1) is 0 Å². The number of carbonyl (C=O) groups excluding carboxylic acids is 4. The Morgan fingerprint density at radius 3 is 0.941 bits per heavy atom. The van der Waals surface area contributed by atoms with Crippen LogP contribution < -0.4 is 0 Å². The van der Waals surface area contributed by atoms with Crippen LogP contribution in [0.2, 0.25) is 0 Å². The first-order chi connectivity index (χ1) is 31.9. The van der Waals surface area contributed by atoms with Gasteiger partial charge in [0.1, 0.15) is 22.4 Å². The SMILES string of the molecule is CC(C)(C)OC(=O)N(CCCCCCCCN(CCCN(Cc1cccc2ccccc12)C(=O)OC(C)(C)C)C(=O)OC(C)(C)C)CCCN(Cc1cccc2ccccc12)C(=O)OC(C)(C)C. The van der Waals surface area contributed by atoms with E-state index in [4.69, 9.17) is 18.9 Å². The quantitative estimate of drug-likeness (QED) is 0.0599. The number of hydrogen-bond donors (Lipinski definition) is 0. The van der Waals surface area contributed by atoms with Gasteiger partial charge in [0, 0.05) is 52.4 Å². The first-order valence-electron chi connectivity index (χ1n) is 24.7. The van der Waals surface area contributed by atoms with Crippen molar-refractivity contribution in [2.75, 3.05) is 39.3 Å². The number of amides is 4. The van der Waals surface area contributed by atoms with E-state index in [0.29, 0.717) is 65.2 Å². The minimum absolute atomic E-state index is 0.361. The Hall–Kier alpha value is -5.52. The molecule has 0 aliphatic heterocycles. The highest BCUT2D eigenvalue weighted by molar-refractivity contribution is 5.87. The van der Waals surface area contributed by atoms with E-state index < -0.39 is 22.4 Å². The minimum atomic E-state index is -0.652. The van der Waals surface area contributed by atoms with Gasteiger partial charge in [-0.3, -0.25) is 0 Å². The molecule has 4 rings (SSSR count). The fourth-order valence-corrected chi connectivity index (χ4v) is 7.85. The first kappa shape index (κ1) is 55.1. The van der Waals surface area contributed by atoms with E-state index in [1.54, 1.807) is 19.6 Å². The monoisotopic (exact) mass is 939 g/mol. The maximum Gasteiger partial charge on any atom is 0.410 e. The first-order valence-corrected chi connectivity index (χ1v) is 24.7. The molecule has 0 aliphatic rings. The van der Waals surface area contributed by atoms with Crippen molar-refractivity contribution in [1.29, 1.82) is 0 Å². The van der Waals surface area contributed by atoms with Crippen LogP contribution in [-0.4, -0.2) is 106 Å². The van der Waals surface area contributed by atoms with Crippen molar-refractivity contribution < 1.29 is 38.1 Å². The maximum atomic E-state index is 13.5. The zero-order valence-corrected chi connectivity index (χ0v) is 43.5. The summed E-state index contributed by atoms with van der Waals surface area (Å²) in [4.78, 5) is 61.0. The van der Waals surface area contributed by atoms with Crippen molar-refractivity contribution in [2.45, 2.75) is 170 Å². The molecule has 0 N–H and O–H groups in total. The Balaban J connectivity index is 1.30. The topological polar surface area (TPSA) is 118 Å². The van der Waals surface area contributed by atoms with Crippen molar-refractivity contribution in [3.05, 3.63) is 96.1 Å². The highest BCUT2D eigenvalue weighted by atomic mass is 16.6. The molecule has 0 radical (unpaired) electrons. The molecule has 12 nitrogen and oxygen atoms in total. The van der Waals surface area contributed by atoms with Gasteiger partial charge in [-0.05, 0) is 141 Å². The molecule has 12 heteroatoms. The zero-order valence-electron chi connectivity index (χ0n) is 43.5. The van der Waals surface area contributed by atoms with E-state index in [-0.39, 0.29) is 24.4 Å². The van der Waals surface area contributed by atoms with Crippen LogP contribution in [0.3, 0.4) is 0 Å². The van der Waals surface area contributed by atoms with Gasteiger partial charge in [-0.25, -0.2) is 19.2 Å². The maximum absolute atomic E-state index is 13.5. The molecular weight excluding hydrogens is 857 g/mol. The second-order valence-corrected chi connectivity index (χ2v) is 21.8. The van der Waals surface area contributed by atoms with Gasteiger partial charge < -0.3 is 38.5 Å². The number of nitrogens with zero attached hydrogens (tertiary/aromatic N) is 4. The Morgan fingerprint density at radius 1 is 0.338 bits per heavy atom. The van der Waals surface area contributed by atoms with Gasteiger partial charge in [0.25, 0.3) is 0 Å². The van der Waals surface area contributed by atoms with Gasteiger partial charge in [0.2, 0.25) is 0 Å². The molecule has 0 aromatic heterocycles. The summed E-state index contributed by atoms with van der Waals surface area (Å²) in [5.74, 6) is 0.